The predicted molar refractivity (Wildman–Crippen MR) is 79.2 cm³/mol. The summed E-state index contributed by atoms with van der Waals surface area (Å²) in [6.45, 7) is 2.75. The highest BCUT2D eigenvalue weighted by atomic mass is 32.1. The number of carbonyl (C=O) groups excluding carboxylic acids is 1. The first-order valence-electron chi connectivity index (χ1n) is 6.66. The molecule has 20 heavy (non-hydrogen) atoms. The fraction of sp³-hybridized carbons (Fsp3) is 0.429. The number of fused-ring (bicyclic) bond motifs is 1. The first-order chi connectivity index (χ1) is 9.63. The molecule has 0 spiro atoms. The Hall–Kier alpha value is -1.66. The summed E-state index contributed by atoms with van der Waals surface area (Å²) in [5.41, 5.74) is 1.89. The molecule has 0 saturated carbocycles. The predicted octanol–water partition coefficient (Wildman–Crippen LogP) is 2.63. The van der Waals surface area contributed by atoms with Crippen molar-refractivity contribution in [1.29, 1.82) is 0 Å². The van der Waals surface area contributed by atoms with Crippen LogP contribution in [0.15, 0.2) is 22.6 Å². The Kier molecular flexibility index (Phi) is 4.92. The van der Waals surface area contributed by atoms with Gasteiger partial charge in [0.05, 0.1) is 5.52 Å². The smallest absolute Gasteiger partial charge is 0.266 e. The molecule has 108 valence electrons. The van der Waals surface area contributed by atoms with Gasteiger partial charge in [-0.1, -0.05) is 13.3 Å². The van der Waals surface area contributed by atoms with Crippen LogP contribution < -0.4 is 5.32 Å². The van der Waals surface area contributed by atoms with Gasteiger partial charge in [-0.25, -0.2) is 0 Å². The molecule has 0 radical (unpaired) electrons. The average Bonchev–Trinajstić information content (AvgIpc) is 2.82. The quantitative estimate of drug-likeness (QED) is 0.716. The van der Waals surface area contributed by atoms with E-state index in [-0.39, 0.29) is 12.5 Å². The van der Waals surface area contributed by atoms with Crippen molar-refractivity contribution in [2.75, 3.05) is 13.2 Å². The number of rotatable bonds is 6. The molecule has 0 aliphatic heterocycles. The van der Waals surface area contributed by atoms with E-state index in [9.17, 15) is 4.79 Å². The molecule has 0 aliphatic rings. The van der Waals surface area contributed by atoms with Gasteiger partial charge >= 0.3 is 0 Å². The van der Waals surface area contributed by atoms with Crippen molar-refractivity contribution in [3.8, 4) is 0 Å². The second-order valence-electron chi connectivity index (χ2n) is 4.72. The maximum Gasteiger partial charge on any atom is 0.266 e. The summed E-state index contributed by atoms with van der Waals surface area (Å²) in [5.74, 6) is 0.148. The molecule has 1 heterocycles. The van der Waals surface area contributed by atoms with E-state index in [1.165, 1.54) is 0 Å². The van der Waals surface area contributed by atoms with Gasteiger partial charge in [0, 0.05) is 18.7 Å². The lowest BCUT2D eigenvalue weighted by molar-refractivity contribution is 0.0943. The number of H-pyrrole nitrogens is 1. The maximum absolute atomic E-state index is 12.1. The van der Waals surface area contributed by atoms with E-state index in [1.54, 1.807) is 18.2 Å². The fourth-order valence-electron chi connectivity index (χ4n) is 2.06. The molecular formula is C14H18N2O3S. The minimum absolute atomic E-state index is 0.143. The third kappa shape index (κ3) is 3.46. The number of benzene rings is 1. The van der Waals surface area contributed by atoms with Gasteiger partial charge < -0.3 is 19.8 Å². The van der Waals surface area contributed by atoms with E-state index in [1.807, 2.05) is 6.92 Å². The second kappa shape index (κ2) is 6.67. The monoisotopic (exact) mass is 294 g/mol. The van der Waals surface area contributed by atoms with Crippen LogP contribution in [0.25, 0.3) is 11.1 Å². The summed E-state index contributed by atoms with van der Waals surface area (Å²) in [4.78, 5) is 15.3. The van der Waals surface area contributed by atoms with Crippen molar-refractivity contribution < 1.29 is 14.3 Å². The van der Waals surface area contributed by atoms with Crippen LogP contribution in [0.1, 0.15) is 30.1 Å². The molecule has 2 aromatic rings. The Bertz CT molecular complexity index is 647. The van der Waals surface area contributed by atoms with E-state index in [0.29, 0.717) is 34.9 Å². The number of aromatic amines is 1. The first-order valence-corrected chi connectivity index (χ1v) is 7.06. The summed E-state index contributed by atoms with van der Waals surface area (Å²) >= 11 is 4.91. The Morgan fingerprint density at radius 1 is 1.55 bits per heavy atom. The van der Waals surface area contributed by atoms with Gasteiger partial charge in [0.25, 0.3) is 10.7 Å². The number of aliphatic hydroxyl groups excluding tert-OH is 1. The summed E-state index contributed by atoms with van der Waals surface area (Å²) in [5, 5.41) is 11.8. The van der Waals surface area contributed by atoms with Crippen molar-refractivity contribution in [2.24, 2.45) is 5.92 Å². The summed E-state index contributed by atoms with van der Waals surface area (Å²) in [6.07, 6.45) is 1.62. The largest absolute Gasteiger partial charge is 0.429 e. The summed E-state index contributed by atoms with van der Waals surface area (Å²) < 4.78 is 5.29. The highest BCUT2D eigenvalue weighted by Gasteiger charge is 2.11. The highest BCUT2D eigenvalue weighted by Crippen LogP contribution is 2.15. The van der Waals surface area contributed by atoms with Gasteiger partial charge in [-0.2, -0.15) is 0 Å². The van der Waals surface area contributed by atoms with Crippen molar-refractivity contribution in [2.45, 2.75) is 19.8 Å². The standard InChI is InChI=1S/C14H18N2O3S/c1-2-9(5-6-17)8-15-13(18)10-3-4-11-12(7-10)19-14(20)16-11/h3-4,7,9,17H,2,5-6,8H2,1H3,(H,15,18)(H,16,20)/t9-/m0/s1. The van der Waals surface area contributed by atoms with Gasteiger partial charge in [-0.15, -0.1) is 0 Å². The van der Waals surface area contributed by atoms with E-state index < -0.39 is 0 Å². The Morgan fingerprint density at radius 3 is 3.05 bits per heavy atom. The number of hydrogen-bond donors (Lipinski definition) is 3. The molecule has 6 heteroatoms. The van der Waals surface area contributed by atoms with Crippen LogP contribution >= 0.6 is 12.2 Å². The molecule has 1 atom stereocenters. The van der Waals surface area contributed by atoms with Gasteiger partial charge in [0.15, 0.2) is 5.58 Å². The minimum Gasteiger partial charge on any atom is -0.429 e. The third-order valence-electron chi connectivity index (χ3n) is 3.35. The highest BCUT2D eigenvalue weighted by molar-refractivity contribution is 7.71. The normalized spacial score (nSPS) is 12.5. The maximum atomic E-state index is 12.1. The number of hydrogen-bond acceptors (Lipinski definition) is 4. The van der Waals surface area contributed by atoms with Crippen molar-refractivity contribution in [3.63, 3.8) is 0 Å². The van der Waals surface area contributed by atoms with E-state index in [2.05, 4.69) is 10.3 Å². The molecule has 0 saturated heterocycles. The average molecular weight is 294 g/mol. The van der Waals surface area contributed by atoms with Gasteiger partial charge in [0.2, 0.25) is 0 Å². The molecule has 1 amide bonds. The molecule has 1 aromatic heterocycles. The number of nitrogens with one attached hydrogen (secondary N) is 2. The van der Waals surface area contributed by atoms with Gasteiger partial charge in [-0.3, -0.25) is 4.79 Å². The Labute approximate surface area is 122 Å². The molecule has 0 bridgehead atoms. The topological polar surface area (TPSA) is 78.3 Å². The minimum atomic E-state index is -0.148. The van der Waals surface area contributed by atoms with Crippen LogP contribution in [0, 0.1) is 10.8 Å². The number of aromatic nitrogens is 1. The molecular weight excluding hydrogens is 276 g/mol. The van der Waals surface area contributed by atoms with Crippen LogP contribution in [-0.4, -0.2) is 29.1 Å². The van der Waals surface area contributed by atoms with Gasteiger partial charge in [-0.05, 0) is 42.8 Å². The van der Waals surface area contributed by atoms with Crippen molar-refractivity contribution in [1.82, 2.24) is 10.3 Å². The molecule has 5 nitrogen and oxygen atoms in total. The number of amides is 1. The van der Waals surface area contributed by atoms with Crippen LogP contribution in [0.3, 0.4) is 0 Å². The first kappa shape index (κ1) is 14.7. The zero-order valence-electron chi connectivity index (χ0n) is 11.3. The van der Waals surface area contributed by atoms with Crippen molar-refractivity contribution in [3.05, 3.63) is 28.6 Å². The van der Waals surface area contributed by atoms with Crippen molar-refractivity contribution >= 4 is 29.2 Å². The molecule has 3 N–H and O–H groups in total. The van der Waals surface area contributed by atoms with E-state index >= 15 is 0 Å². The lowest BCUT2D eigenvalue weighted by Gasteiger charge is -2.14. The molecule has 0 unspecified atom stereocenters. The molecule has 2 rings (SSSR count). The Balaban J connectivity index is 2.05. The fourth-order valence-corrected chi connectivity index (χ4v) is 2.26. The number of aliphatic hydroxyl groups is 1. The lowest BCUT2D eigenvalue weighted by Crippen LogP contribution is -2.29. The number of carbonyl (C=O) groups is 1. The summed E-state index contributed by atoms with van der Waals surface area (Å²) in [6, 6.07) is 5.17. The third-order valence-corrected chi connectivity index (χ3v) is 3.53. The molecule has 1 aromatic carbocycles. The molecule has 0 aliphatic carbocycles. The Morgan fingerprint density at radius 2 is 2.35 bits per heavy atom. The summed E-state index contributed by atoms with van der Waals surface area (Å²) in [7, 11) is 0. The SMILES string of the molecule is CC[C@@H](CCO)CNC(=O)c1ccc2[nH]c(=S)oc2c1. The second-order valence-corrected chi connectivity index (χ2v) is 5.09. The number of oxazole rings is 1. The van der Waals surface area contributed by atoms with Crippen LogP contribution in [0.4, 0.5) is 0 Å². The zero-order valence-corrected chi connectivity index (χ0v) is 12.1. The van der Waals surface area contributed by atoms with E-state index in [0.717, 1.165) is 11.9 Å². The lowest BCUT2D eigenvalue weighted by atomic mass is 10.0. The van der Waals surface area contributed by atoms with Crippen LogP contribution in [0.2, 0.25) is 0 Å². The van der Waals surface area contributed by atoms with Crippen LogP contribution in [-0.2, 0) is 0 Å². The van der Waals surface area contributed by atoms with E-state index in [4.69, 9.17) is 21.7 Å². The zero-order chi connectivity index (χ0) is 14.5. The van der Waals surface area contributed by atoms with Gasteiger partial charge in [0.1, 0.15) is 0 Å². The van der Waals surface area contributed by atoms with Crippen LogP contribution in [0.5, 0.6) is 0 Å². The molecule has 0 fully saturated rings.